The van der Waals surface area contributed by atoms with Gasteiger partial charge in [-0.15, -0.1) is 0 Å². The lowest BCUT2D eigenvalue weighted by molar-refractivity contribution is -0.133. The number of nitrogens with one attached hydrogen (secondary N) is 2. The largest absolute Gasteiger partial charge is 0.484 e. The summed E-state index contributed by atoms with van der Waals surface area (Å²) in [7, 11) is 0. The maximum absolute atomic E-state index is 13.4. The number of hydrogen-bond acceptors (Lipinski definition) is 7. The van der Waals surface area contributed by atoms with Crippen LogP contribution in [0.2, 0.25) is 0 Å². The fourth-order valence-electron chi connectivity index (χ4n) is 4.09. The molecule has 1 aliphatic heterocycles. The number of allylic oxidation sites excluding steroid dienone is 1. The van der Waals surface area contributed by atoms with Crippen molar-refractivity contribution >= 4 is 23.5 Å². The second-order valence-corrected chi connectivity index (χ2v) is 8.26. The van der Waals surface area contributed by atoms with E-state index in [1.54, 1.807) is 21.7 Å². The quantitative estimate of drug-likeness (QED) is 0.514. The van der Waals surface area contributed by atoms with Gasteiger partial charge in [-0.3, -0.25) is 9.59 Å². The van der Waals surface area contributed by atoms with Crippen LogP contribution >= 0.6 is 0 Å². The molecule has 0 aliphatic carbocycles. The van der Waals surface area contributed by atoms with Crippen molar-refractivity contribution in [1.29, 1.82) is 0 Å². The summed E-state index contributed by atoms with van der Waals surface area (Å²) in [5.41, 5.74) is 3.71. The van der Waals surface area contributed by atoms with E-state index in [-0.39, 0.29) is 18.4 Å². The Balaban J connectivity index is 1.58. The van der Waals surface area contributed by atoms with Crippen molar-refractivity contribution in [3.05, 3.63) is 70.9 Å². The van der Waals surface area contributed by atoms with Crippen LogP contribution in [0.25, 0.3) is 0 Å². The number of ether oxygens (including phenoxy) is 1. The van der Waals surface area contributed by atoms with Crippen LogP contribution < -0.4 is 15.4 Å². The molecule has 2 aromatic carbocycles. The summed E-state index contributed by atoms with van der Waals surface area (Å²) < 4.78 is 7.27. The number of benzene rings is 2. The van der Waals surface area contributed by atoms with Gasteiger partial charge in [0.05, 0.1) is 5.57 Å². The van der Waals surface area contributed by atoms with Crippen molar-refractivity contribution in [3.63, 3.8) is 0 Å². The molecule has 0 spiro atoms. The van der Waals surface area contributed by atoms with Crippen LogP contribution in [-0.2, 0) is 9.59 Å². The minimum atomic E-state index is -0.544. The highest BCUT2D eigenvalue weighted by atomic mass is 16.5. The molecule has 2 N–H and O–H groups in total. The number of hydrogen-bond donors (Lipinski definition) is 2. The average molecular weight is 476 g/mol. The number of amides is 2. The van der Waals surface area contributed by atoms with Gasteiger partial charge in [-0.25, -0.2) is 0 Å². The molecule has 35 heavy (non-hydrogen) atoms. The number of tetrazole rings is 1. The van der Waals surface area contributed by atoms with Crippen molar-refractivity contribution in [3.8, 4) is 5.75 Å². The normalized spacial score (nSPS) is 14.7. The Morgan fingerprint density at radius 1 is 1.11 bits per heavy atom. The molecule has 0 saturated carbocycles. The molecular formula is C25H29N7O3. The van der Waals surface area contributed by atoms with Gasteiger partial charge >= 0.3 is 0 Å². The fraction of sp³-hybridized carbons (Fsp3) is 0.320. The lowest BCUT2D eigenvalue weighted by Gasteiger charge is -2.28. The first kappa shape index (κ1) is 23.9. The van der Waals surface area contributed by atoms with Crippen LogP contribution in [-0.4, -0.2) is 56.6 Å². The smallest absolute Gasteiger partial charge is 0.260 e. The minimum absolute atomic E-state index is 0.0331. The Bertz CT molecular complexity index is 1250. The number of fused-ring (bicyclic) bond motifs is 1. The molecule has 4 rings (SSSR count). The Morgan fingerprint density at radius 2 is 1.86 bits per heavy atom. The Hall–Kier alpha value is -4.21. The molecule has 1 unspecified atom stereocenters. The van der Waals surface area contributed by atoms with E-state index in [0.29, 0.717) is 41.7 Å². The average Bonchev–Trinajstić information content (AvgIpc) is 3.31. The number of anilines is 2. The van der Waals surface area contributed by atoms with E-state index in [9.17, 15) is 9.59 Å². The van der Waals surface area contributed by atoms with Crippen LogP contribution in [0.1, 0.15) is 37.9 Å². The maximum atomic E-state index is 13.4. The van der Waals surface area contributed by atoms with Crippen molar-refractivity contribution in [2.24, 2.45) is 0 Å². The van der Waals surface area contributed by atoms with E-state index in [1.807, 2.05) is 64.1 Å². The number of nitrogens with zero attached hydrogens (tertiary/aromatic N) is 5. The number of aryl methyl sites for hydroxylation is 1. The molecule has 0 saturated heterocycles. The van der Waals surface area contributed by atoms with Gasteiger partial charge in [-0.2, -0.15) is 4.68 Å². The summed E-state index contributed by atoms with van der Waals surface area (Å²) in [5, 5.41) is 18.0. The topological polar surface area (TPSA) is 114 Å². The van der Waals surface area contributed by atoms with E-state index in [4.69, 9.17) is 4.74 Å². The minimum Gasteiger partial charge on any atom is -0.484 e. The SMILES string of the molecule is CCN(CC)C(=O)COc1ccc(C2C(C(=O)Nc3cccc(C)c3)=C(C)Nc3nnnn32)cc1. The molecular weight excluding hydrogens is 446 g/mol. The molecule has 182 valence electrons. The van der Waals surface area contributed by atoms with Gasteiger partial charge in [-0.05, 0) is 73.5 Å². The zero-order chi connectivity index (χ0) is 24.9. The van der Waals surface area contributed by atoms with Crippen LogP contribution in [0.5, 0.6) is 5.75 Å². The summed E-state index contributed by atoms with van der Waals surface area (Å²) in [6.45, 7) is 8.91. The molecule has 10 heteroatoms. The van der Waals surface area contributed by atoms with Gasteiger partial charge in [0.15, 0.2) is 6.61 Å². The van der Waals surface area contributed by atoms with E-state index < -0.39 is 6.04 Å². The molecule has 2 heterocycles. The van der Waals surface area contributed by atoms with E-state index in [1.165, 1.54) is 0 Å². The molecule has 0 bridgehead atoms. The van der Waals surface area contributed by atoms with Crippen LogP contribution in [0.4, 0.5) is 11.6 Å². The first-order chi connectivity index (χ1) is 16.9. The third-order valence-electron chi connectivity index (χ3n) is 5.91. The lowest BCUT2D eigenvalue weighted by atomic mass is 9.95. The van der Waals surface area contributed by atoms with Crippen molar-refractivity contribution < 1.29 is 14.3 Å². The summed E-state index contributed by atoms with van der Waals surface area (Å²) in [6.07, 6.45) is 0. The first-order valence-corrected chi connectivity index (χ1v) is 11.6. The second-order valence-electron chi connectivity index (χ2n) is 8.26. The highest BCUT2D eigenvalue weighted by molar-refractivity contribution is 6.06. The van der Waals surface area contributed by atoms with Crippen molar-refractivity contribution in [1.82, 2.24) is 25.1 Å². The monoisotopic (exact) mass is 475 g/mol. The van der Waals surface area contributed by atoms with E-state index in [0.717, 1.165) is 11.1 Å². The highest BCUT2D eigenvalue weighted by Gasteiger charge is 2.34. The predicted octanol–water partition coefficient (Wildman–Crippen LogP) is 3.16. The van der Waals surface area contributed by atoms with Gasteiger partial charge in [0.25, 0.3) is 11.8 Å². The van der Waals surface area contributed by atoms with Gasteiger partial charge in [0.2, 0.25) is 5.95 Å². The van der Waals surface area contributed by atoms with Crippen LogP contribution in [0.15, 0.2) is 59.8 Å². The Labute approximate surface area is 204 Å². The van der Waals surface area contributed by atoms with Gasteiger partial charge < -0.3 is 20.3 Å². The third kappa shape index (κ3) is 5.16. The maximum Gasteiger partial charge on any atom is 0.260 e. The summed E-state index contributed by atoms with van der Waals surface area (Å²) in [6, 6.07) is 14.3. The van der Waals surface area contributed by atoms with Crippen LogP contribution in [0, 0.1) is 6.92 Å². The van der Waals surface area contributed by atoms with Crippen molar-refractivity contribution in [2.45, 2.75) is 33.7 Å². The van der Waals surface area contributed by atoms with E-state index >= 15 is 0 Å². The molecule has 10 nitrogen and oxygen atoms in total. The second kappa shape index (κ2) is 10.4. The zero-order valence-electron chi connectivity index (χ0n) is 20.3. The third-order valence-corrected chi connectivity index (χ3v) is 5.91. The first-order valence-electron chi connectivity index (χ1n) is 11.6. The number of carbonyl (C=O) groups is 2. The molecule has 2 amide bonds. The number of rotatable bonds is 8. The standard InChI is InChI=1S/C25H29N7O3/c1-5-31(6-2)21(33)15-35-20-12-10-18(11-13-20)23-22(17(4)26-25-28-29-30-32(23)25)24(34)27-19-9-7-8-16(3)14-19/h7-14,23H,5-6,15H2,1-4H3,(H,27,34)(H,26,28,30). The van der Waals surface area contributed by atoms with Gasteiger partial charge in [0.1, 0.15) is 11.8 Å². The fourth-order valence-corrected chi connectivity index (χ4v) is 4.09. The predicted molar refractivity (Wildman–Crippen MR) is 132 cm³/mol. The number of aromatic nitrogens is 4. The van der Waals surface area contributed by atoms with Crippen LogP contribution in [0.3, 0.4) is 0 Å². The van der Waals surface area contributed by atoms with Gasteiger partial charge in [-0.1, -0.05) is 29.4 Å². The molecule has 3 aromatic rings. The molecule has 0 fully saturated rings. The molecule has 1 aliphatic rings. The number of carbonyl (C=O) groups excluding carboxylic acids is 2. The summed E-state index contributed by atoms with van der Waals surface area (Å²) >= 11 is 0. The molecule has 1 aromatic heterocycles. The number of likely N-dealkylation sites (N-methyl/N-ethyl adjacent to an activating group) is 1. The van der Waals surface area contributed by atoms with Crippen molar-refractivity contribution in [2.75, 3.05) is 30.3 Å². The highest BCUT2D eigenvalue weighted by Crippen LogP contribution is 2.35. The summed E-state index contributed by atoms with van der Waals surface area (Å²) in [5.74, 6) is 0.692. The Morgan fingerprint density at radius 3 is 2.54 bits per heavy atom. The molecule has 1 atom stereocenters. The van der Waals surface area contributed by atoms with Gasteiger partial charge in [0, 0.05) is 24.5 Å². The Kier molecular flexibility index (Phi) is 7.09. The summed E-state index contributed by atoms with van der Waals surface area (Å²) in [4.78, 5) is 27.4. The van der Waals surface area contributed by atoms with E-state index in [2.05, 4.69) is 26.2 Å². The molecule has 0 radical (unpaired) electrons. The lowest BCUT2D eigenvalue weighted by Crippen LogP contribution is -2.34. The zero-order valence-corrected chi connectivity index (χ0v) is 20.3.